The lowest BCUT2D eigenvalue weighted by molar-refractivity contribution is 0.101. The van der Waals surface area contributed by atoms with Crippen LogP contribution in [0.1, 0.15) is 28.9 Å². The molecule has 9 heteroatoms. The second-order valence-electron chi connectivity index (χ2n) is 7.73. The van der Waals surface area contributed by atoms with Crippen LogP contribution in [0, 0.1) is 17.5 Å². The van der Waals surface area contributed by atoms with Crippen molar-refractivity contribution >= 4 is 17.8 Å². The molecule has 2 aromatic carbocycles. The maximum Gasteiger partial charge on any atom is 0.261 e. The Kier molecular flexibility index (Phi) is 5.67. The van der Waals surface area contributed by atoms with Gasteiger partial charge in [0.25, 0.3) is 5.91 Å². The number of rotatable bonds is 4. The number of halogens is 3. The molecule has 1 aliphatic heterocycles. The molecule has 0 unspecified atom stereocenters. The molecule has 6 nitrogen and oxygen atoms in total. The van der Waals surface area contributed by atoms with Gasteiger partial charge in [-0.3, -0.25) is 4.79 Å². The van der Waals surface area contributed by atoms with E-state index in [4.69, 9.17) is 5.10 Å². The lowest BCUT2D eigenvalue weighted by Gasteiger charge is -2.10. The van der Waals surface area contributed by atoms with Gasteiger partial charge in [-0.2, -0.15) is 5.10 Å². The standard InChI is InChI=1S/C25H18F3N5O/c26-16-9-8-15(13-20(16)31-25(34)22-17(27)5-4-6-18(22)28)24-23(19-10-11-29-14-30-19)21-7-2-1-3-12-33(21)32-24/h3-6,8-14H,1-2,7H2,(H,31,34). The van der Waals surface area contributed by atoms with Gasteiger partial charge in [0.15, 0.2) is 0 Å². The second-order valence-corrected chi connectivity index (χ2v) is 7.73. The molecule has 0 saturated heterocycles. The number of aromatic nitrogens is 4. The van der Waals surface area contributed by atoms with E-state index < -0.39 is 28.9 Å². The van der Waals surface area contributed by atoms with Gasteiger partial charge in [-0.15, -0.1) is 0 Å². The number of benzene rings is 2. The summed E-state index contributed by atoms with van der Waals surface area (Å²) in [7, 11) is 0. The Labute approximate surface area is 192 Å². The van der Waals surface area contributed by atoms with Crippen LogP contribution in [0.4, 0.5) is 18.9 Å². The topological polar surface area (TPSA) is 72.7 Å². The van der Waals surface area contributed by atoms with E-state index in [2.05, 4.69) is 15.3 Å². The Morgan fingerprint density at radius 2 is 1.85 bits per heavy atom. The lowest BCUT2D eigenvalue weighted by Crippen LogP contribution is -2.16. The van der Waals surface area contributed by atoms with Crippen LogP contribution in [0.5, 0.6) is 0 Å². The van der Waals surface area contributed by atoms with Crippen molar-refractivity contribution in [3.8, 4) is 22.5 Å². The molecule has 0 bridgehead atoms. The first-order chi connectivity index (χ1) is 16.5. The highest BCUT2D eigenvalue weighted by atomic mass is 19.1. The molecule has 0 radical (unpaired) electrons. The smallest absolute Gasteiger partial charge is 0.261 e. The van der Waals surface area contributed by atoms with Crippen LogP contribution < -0.4 is 5.32 Å². The third-order valence-electron chi connectivity index (χ3n) is 5.56. The number of nitrogens with zero attached hydrogens (tertiary/aromatic N) is 4. The summed E-state index contributed by atoms with van der Waals surface area (Å²) in [4.78, 5) is 20.9. The normalized spacial score (nSPS) is 12.8. The van der Waals surface area contributed by atoms with Crippen LogP contribution in [-0.4, -0.2) is 25.7 Å². The number of hydrogen-bond acceptors (Lipinski definition) is 4. The maximum absolute atomic E-state index is 14.6. The molecule has 0 spiro atoms. The number of hydrogen-bond donors (Lipinski definition) is 1. The van der Waals surface area contributed by atoms with Crippen molar-refractivity contribution in [1.29, 1.82) is 0 Å². The monoisotopic (exact) mass is 461 g/mol. The van der Waals surface area contributed by atoms with Crippen molar-refractivity contribution in [2.45, 2.75) is 19.3 Å². The summed E-state index contributed by atoms with van der Waals surface area (Å²) in [6.45, 7) is 0. The van der Waals surface area contributed by atoms with Gasteiger partial charge >= 0.3 is 0 Å². The molecule has 1 N–H and O–H groups in total. The molecule has 34 heavy (non-hydrogen) atoms. The highest BCUT2D eigenvalue weighted by molar-refractivity contribution is 6.05. The Morgan fingerprint density at radius 1 is 1.03 bits per heavy atom. The zero-order valence-electron chi connectivity index (χ0n) is 17.8. The van der Waals surface area contributed by atoms with Crippen molar-refractivity contribution in [3.05, 3.63) is 89.8 Å². The largest absolute Gasteiger partial charge is 0.319 e. The van der Waals surface area contributed by atoms with Gasteiger partial charge in [0, 0.05) is 23.5 Å². The molecule has 2 aromatic heterocycles. The number of anilines is 1. The maximum atomic E-state index is 14.6. The summed E-state index contributed by atoms with van der Waals surface area (Å²) in [5, 5.41) is 6.99. The zero-order valence-corrected chi connectivity index (χ0v) is 17.8. The van der Waals surface area contributed by atoms with Crippen molar-refractivity contribution in [1.82, 2.24) is 19.7 Å². The molecule has 0 atom stereocenters. The van der Waals surface area contributed by atoms with Crippen molar-refractivity contribution in [3.63, 3.8) is 0 Å². The van der Waals surface area contributed by atoms with Gasteiger partial charge in [0.05, 0.1) is 17.1 Å². The van der Waals surface area contributed by atoms with E-state index in [0.717, 1.165) is 48.7 Å². The van der Waals surface area contributed by atoms with E-state index in [1.54, 1.807) is 16.9 Å². The fourth-order valence-electron chi connectivity index (χ4n) is 3.97. The highest BCUT2D eigenvalue weighted by Gasteiger charge is 2.23. The average molecular weight is 461 g/mol. The molecule has 5 rings (SSSR count). The molecule has 4 aromatic rings. The van der Waals surface area contributed by atoms with Gasteiger partial charge in [-0.1, -0.05) is 12.1 Å². The Bertz CT molecular complexity index is 1400. The first-order valence-corrected chi connectivity index (χ1v) is 10.6. The molecular formula is C25H18F3N5O. The predicted octanol–water partition coefficient (Wildman–Crippen LogP) is 5.48. The minimum atomic E-state index is -1.09. The Balaban J connectivity index is 1.59. The fourth-order valence-corrected chi connectivity index (χ4v) is 3.97. The predicted molar refractivity (Wildman–Crippen MR) is 121 cm³/mol. The van der Waals surface area contributed by atoms with E-state index >= 15 is 0 Å². The van der Waals surface area contributed by atoms with Crippen LogP contribution in [-0.2, 0) is 6.42 Å². The fraction of sp³-hybridized carbons (Fsp3) is 0.120. The van der Waals surface area contributed by atoms with Crippen molar-refractivity contribution < 1.29 is 18.0 Å². The Hall–Kier alpha value is -4.27. The van der Waals surface area contributed by atoms with Crippen LogP contribution in [0.3, 0.4) is 0 Å². The zero-order chi connectivity index (χ0) is 23.7. The molecule has 1 amide bonds. The van der Waals surface area contributed by atoms with Crippen LogP contribution in [0.15, 0.2) is 61.1 Å². The quantitative estimate of drug-likeness (QED) is 0.437. The number of carbonyl (C=O) groups is 1. The van der Waals surface area contributed by atoms with Gasteiger partial charge in [-0.05, 0) is 55.7 Å². The number of amides is 1. The summed E-state index contributed by atoms with van der Waals surface area (Å²) in [5.41, 5.74) is 2.42. The van der Waals surface area contributed by atoms with Gasteiger partial charge in [0.2, 0.25) is 0 Å². The third kappa shape index (κ3) is 3.96. The number of fused-ring (bicyclic) bond motifs is 1. The number of allylic oxidation sites excluding steroid dienone is 1. The molecule has 0 aliphatic carbocycles. The van der Waals surface area contributed by atoms with E-state index in [9.17, 15) is 18.0 Å². The average Bonchev–Trinajstić information content (AvgIpc) is 3.03. The minimum absolute atomic E-state index is 0.225. The summed E-state index contributed by atoms with van der Waals surface area (Å²) >= 11 is 0. The van der Waals surface area contributed by atoms with Crippen LogP contribution >= 0.6 is 0 Å². The van der Waals surface area contributed by atoms with Gasteiger partial charge in [-0.25, -0.2) is 27.8 Å². The summed E-state index contributed by atoms with van der Waals surface area (Å²) < 4.78 is 44.4. The Morgan fingerprint density at radius 3 is 2.62 bits per heavy atom. The molecule has 170 valence electrons. The first-order valence-electron chi connectivity index (χ1n) is 10.6. The summed E-state index contributed by atoms with van der Waals surface area (Å²) in [6, 6.07) is 8.94. The highest BCUT2D eigenvalue weighted by Crippen LogP contribution is 2.36. The molecule has 0 fully saturated rings. The van der Waals surface area contributed by atoms with E-state index in [1.165, 1.54) is 24.5 Å². The summed E-state index contributed by atoms with van der Waals surface area (Å²) in [5.74, 6) is -3.92. The SMILES string of the molecule is O=C(Nc1cc(-c2nn3c(c2-c2ccncn2)CCCC=C3)ccc1F)c1c(F)cccc1F. The molecule has 3 heterocycles. The summed E-state index contributed by atoms with van der Waals surface area (Å²) in [6.07, 6.45) is 9.58. The van der Waals surface area contributed by atoms with E-state index in [0.29, 0.717) is 17.0 Å². The van der Waals surface area contributed by atoms with E-state index in [1.807, 2.05) is 12.3 Å². The third-order valence-corrected chi connectivity index (χ3v) is 5.56. The van der Waals surface area contributed by atoms with Crippen molar-refractivity contribution in [2.75, 3.05) is 5.32 Å². The molecule has 0 saturated carbocycles. The number of carbonyl (C=O) groups excluding carboxylic acids is 1. The lowest BCUT2D eigenvalue weighted by atomic mass is 10.00. The van der Waals surface area contributed by atoms with Crippen molar-refractivity contribution in [2.24, 2.45) is 0 Å². The minimum Gasteiger partial charge on any atom is -0.319 e. The van der Waals surface area contributed by atoms with E-state index in [-0.39, 0.29) is 5.69 Å². The molecule has 1 aliphatic rings. The van der Waals surface area contributed by atoms with Gasteiger partial charge < -0.3 is 5.32 Å². The van der Waals surface area contributed by atoms with Crippen LogP contribution in [0.2, 0.25) is 0 Å². The second kappa shape index (κ2) is 8.93. The first kappa shape index (κ1) is 21.6. The van der Waals surface area contributed by atoms with Gasteiger partial charge in [0.1, 0.15) is 35.0 Å². The van der Waals surface area contributed by atoms with Crippen LogP contribution in [0.25, 0.3) is 28.7 Å². The molecular weight excluding hydrogens is 443 g/mol. The number of nitrogens with one attached hydrogen (secondary N) is 1.